The number of H-pyrrole nitrogens is 1. The minimum atomic E-state index is -0.625. The predicted molar refractivity (Wildman–Crippen MR) is 86.7 cm³/mol. The largest absolute Gasteiger partial charge is 0.398 e. The van der Waals surface area contributed by atoms with Crippen LogP contribution in [0.15, 0.2) is 30.3 Å². The summed E-state index contributed by atoms with van der Waals surface area (Å²) in [5.41, 5.74) is 10.5. The maximum absolute atomic E-state index is 13.0. The lowest BCUT2D eigenvalue weighted by Crippen LogP contribution is -2.42. The van der Waals surface area contributed by atoms with E-state index in [2.05, 4.69) is 15.8 Å². The molecule has 8 heteroatoms. The number of thiophene rings is 1. The van der Waals surface area contributed by atoms with Crippen molar-refractivity contribution in [3.05, 3.63) is 52.3 Å². The van der Waals surface area contributed by atoms with E-state index in [-0.39, 0.29) is 11.3 Å². The van der Waals surface area contributed by atoms with Crippen LogP contribution < -0.4 is 16.6 Å². The minimum absolute atomic E-state index is 0.00684. The second kappa shape index (κ2) is 5.73. The third-order valence-electron chi connectivity index (χ3n) is 3.22. The lowest BCUT2D eigenvalue weighted by Gasteiger charge is -2.08. The number of halogens is 1. The monoisotopic (exact) mass is 332 g/mol. The topological polar surface area (TPSA) is 100 Å². The van der Waals surface area contributed by atoms with Gasteiger partial charge in [0.2, 0.25) is 0 Å². The zero-order valence-electron chi connectivity index (χ0n) is 12.1. The fourth-order valence-electron chi connectivity index (χ4n) is 2.16. The smallest absolute Gasteiger partial charge is 0.286 e. The maximum Gasteiger partial charge on any atom is 0.286 e. The first-order valence-corrected chi connectivity index (χ1v) is 7.50. The van der Waals surface area contributed by atoms with E-state index >= 15 is 0 Å². The Bertz CT molecular complexity index is 884. The fraction of sp³-hybridized carbons (Fsp3) is 0.0667. The molecular weight excluding hydrogens is 319 g/mol. The standard InChI is InChI=1S/C15H13FN4O2S/c1-7-4-8-5-12(18-15(8)23-7)14(22)20-19-13(21)10-3-2-9(16)6-11(10)17/h2-6,18H,17H2,1H3,(H,19,21)(H,20,22). The Hall–Kier alpha value is -2.87. The Kier molecular flexibility index (Phi) is 3.75. The van der Waals surface area contributed by atoms with Gasteiger partial charge in [-0.15, -0.1) is 11.3 Å². The molecule has 0 atom stereocenters. The lowest BCUT2D eigenvalue weighted by atomic mass is 10.1. The Morgan fingerprint density at radius 1 is 1.17 bits per heavy atom. The highest BCUT2D eigenvalue weighted by Crippen LogP contribution is 2.25. The molecule has 2 amide bonds. The van der Waals surface area contributed by atoms with E-state index < -0.39 is 17.6 Å². The first-order valence-electron chi connectivity index (χ1n) is 6.69. The number of aromatic amines is 1. The van der Waals surface area contributed by atoms with E-state index in [1.54, 1.807) is 6.07 Å². The number of hydrogen-bond acceptors (Lipinski definition) is 4. The second-order valence-electron chi connectivity index (χ2n) is 4.96. The van der Waals surface area contributed by atoms with Crippen LogP contribution in [0.5, 0.6) is 0 Å². The van der Waals surface area contributed by atoms with Gasteiger partial charge in [-0.3, -0.25) is 20.4 Å². The number of aromatic nitrogens is 1. The van der Waals surface area contributed by atoms with Crippen LogP contribution in [0.25, 0.3) is 10.2 Å². The van der Waals surface area contributed by atoms with Crippen LogP contribution in [-0.4, -0.2) is 16.8 Å². The van der Waals surface area contributed by atoms with Crippen molar-refractivity contribution in [2.75, 3.05) is 5.73 Å². The number of hydrogen-bond donors (Lipinski definition) is 4. The van der Waals surface area contributed by atoms with Crippen molar-refractivity contribution in [2.24, 2.45) is 0 Å². The van der Waals surface area contributed by atoms with Crippen molar-refractivity contribution in [3.63, 3.8) is 0 Å². The molecule has 0 radical (unpaired) electrons. The molecule has 5 N–H and O–H groups in total. The Balaban J connectivity index is 1.68. The van der Waals surface area contributed by atoms with Gasteiger partial charge in [-0.05, 0) is 37.3 Å². The van der Waals surface area contributed by atoms with Crippen molar-refractivity contribution in [2.45, 2.75) is 6.92 Å². The fourth-order valence-corrected chi connectivity index (χ4v) is 3.07. The van der Waals surface area contributed by atoms with Gasteiger partial charge in [0.1, 0.15) is 16.3 Å². The molecule has 0 aliphatic carbocycles. The number of nitrogens with two attached hydrogens (primary N) is 1. The molecule has 1 aromatic carbocycles. The first-order chi connectivity index (χ1) is 10.9. The molecular formula is C15H13FN4O2S. The molecule has 23 heavy (non-hydrogen) atoms. The minimum Gasteiger partial charge on any atom is -0.398 e. The number of carbonyl (C=O) groups excluding carboxylic acids is 2. The van der Waals surface area contributed by atoms with Crippen LogP contribution in [0.4, 0.5) is 10.1 Å². The zero-order chi connectivity index (χ0) is 16.6. The van der Waals surface area contributed by atoms with Gasteiger partial charge >= 0.3 is 0 Å². The number of benzene rings is 1. The number of rotatable bonds is 2. The number of aryl methyl sites for hydroxylation is 1. The summed E-state index contributed by atoms with van der Waals surface area (Å²) in [4.78, 5) is 29.0. The molecule has 0 bridgehead atoms. The number of fused-ring (bicyclic) bond motifs is 1. The Morgan fingerprint density at radius 3 is 2.61 bits per heavy atom. The number of amides is 2. The van der Waals surface area contributed by atoms with Gasteiger partial charge in [-0.2, -0.15) is 0 Å². The van der Waals surface area contributed by atoms with Crippen LogP contribution in [0.3, 0.4) is 0 Å². The summed E-state index contributed by atoms with van der Waals surface area (Å²) >= 11 is 1.54. The Morgan fingerprint density at radius 2 is 1.91 bits per heavy atom. The number of hydrazine groups is 1. The second-order valence-corrected chi connectivity index (χ2v) is 6.22. The van der Waals surface area contributed by atoms with Crippen molar-refractivity contribution in [1.29, 1.82) is 0 Å². The molecule has 0 aliphatic rings. The van der Waals surface area contributed by atoms with E-state index in [1.165, 1.54) is 17.4 Å². The van der Waals surface area contributed by atoms with Gasteiger partial charge in [-0.25, -0.2) is 4.39 Å². The molecule has 0 saturated carbocycles. The van der Waals surface area contributed by atoms with E-state index in [0.717, 1.165) is 27.2 Å². The van der Waals surface area contributed by atoms with E-state index in [9.17, 15) is 14.0 Å². The molecule has 2 heterocycles. The third-order valence-corrected chi connectivity index (χ3v) is 4.21. The van der Waals surface area contributed by atoms with Crippen LogP contribution in [0.2, 0.25) is 0 Å². The van der Waals surface area contributed by atoms with Crippen LogP contribution in [-0.2, 0) is 0 Å². The molecule has 0 saturated heterocycles. The number of nitrogen functional groups attached to an aromatic ring is 1. The third kappa shape index (κ3) is 3.02. The average molecular weight is 332 g/mol. The normalized spacial score (nSPS) is 10.7. The summed E-state index contributed by atoms with van der Waals surface area (Å²) in [6, 6.07) is 7.07. The highest BCUT2D eigenvalue weighted by molar-refractivity contribution is 7.18. The van der Waals surface area contributed by atoms with Crippen LogP contribution in [0, 0.1) is 12.7 Å². The summed E-state index contributed by atoms with van der Waals surface area (Å²) < 4.78 is 13.0. The number of anilines is 1. The van der Waals surface area contributed by atoms with Crippen molar-refractivity contribution in [3.8, 4) is 0 Å². The summed E-state index contributed by atoms with van der Waals surface area (Å²) in [5.74, 6) is -1.65. The van der Waals surface area contributed by atoms with Gasteiger partial charge in [0, 0.05) is 16.0 Å². The predicted octanol–water partition coefficient (Wildman–Crippen LogP) is 2.33. The molecule has 0 spiro atoms. The quantitative estimate of drug-likeness (QED) is 0.428. The number of carbonyl (C=O) groups is 2. The van der Waals surface area contributed by atoms with Crippen LogP contribution >= 0.6 is 11.3 Å². The molecule has 2 aromatic heterocycles. The number of nitrogens with one attached hydrogen (secondary N) is 3. The maximum atomic E-state index is 13.0. The van der Waals surface area contributed by atoms with Gasteiger partial charge in [0.05, 0.1) is 5.56 Å². The summed E-state index contributed by atoms with van der Waals surface area (Å²) in [6.45, 7) is 1.98. The van der Waals surface area contributed by atoms with Gasteiger partial charge in [0.25, 0.3) is 11.8 Å². The highest BCUT2D eigenvalue weighted by Gasteiger charge is 2.14. The lowest BCUT2D eigenvalue weighted by molar-refractivity contribution is 0.0845. The van der Waals surface area contributed by atoms with E-state index in [0.29, 0.717) is 5.69 Å². The molecule has 118 valence electrons. The molecule has 0 aliphatic heterocycles. The summed E-state index contributed by atoms with van der Waals surface area (Å²) in [7, 11) is 0. The van der Waals surface area contributed by atoms with Gasteiger partial charge in [-0.1, -0.05) is 0 Å². The van der Waals surface area contributed by atoms with Gasteiger partial charge < -0.3 is 10.7 Å². The first kappa shape index (κ1) is 15.0. The van der Waals surface area contributed by atoms with Crippen LogP contribution in [0.1, 0.15) is 25.7 Å². The molecule has 0 unspecified atom stereocenters. The molecule has 3 rings (SSSR count). The SMILES string of the molecule is Cc1cc2cc(C(=O)NNC(=O)c3ccc(F)cc3N)[nH]c2s1. The van der Waals surface area contributed by atoms with Crippen molar-refractivity contribution < 1.29 is 14.0 Å². The van der Waals surface area contributed by atoms with Gasteiger partial charge in [0.15, 0.2) is 0 Å². The summed E-state index contributed by atoms with van der Waals surface area (Å²) in [6.07, 6.45) is 0. The molecule has 3 aromatic rings. The summed E-state index contributed by atoms with van der Waals surface area (Å²) in [5, 5.41) is 0.937. The Labute approximate surface area is 134 Å². The highest BCUT2D eigenvalue weighted by atomic mass is 32.1. The van der Waals surface area contributed by atoms with Crippen molar-refractivity contribution >= 4 is 39.1 Å². The van der Waals surface area contributed by atoms with E-state index in [4.69, 9.17) is 5.73 Å². The molecule has 0 fully saturated rings. The van der Waals surface area contributed by atoms with Crippen molar-refractivity contribution in [1.82, 2.24) is 15.8 Å². The average Bonchev–Trinajstić information content (AvgIpc) is 3.01. The zero-order valence-corrected chi connectivity index (χ0v) is 12.9. The van der Waals surface area contributed by atoms with E-state index in [1.807, 2.05) is 13.0 Å². The molecule has 6 nitrogen and oxygen atoms in total.